The molecular formula is C10H11N3O. The predicted octanol–water partition coefficient (Wildman–Crippen LogP) is 0.790. The molecule has 1 aliphatic rings. The first kappa shape index (κ1) is 8.97. The molecular weight excluding hydrogens is 178 g/mol. The minimum absolute atomic E-state index is 0.682. The van der Waals surface area contributed by atoms with Crippen LogP contribution in [0, 0.1) is 11.3 Å². The predicted molar refractivity (Wildman–Crippen MR) is 52.0 cm³/mol. The van der Waals surface area contributed by atoms with Crippen molar-refractivity contribution in [3.63, 3.8) is 0 Å². The smallest absolute Gasteiger partial charge is 0.101 e. The zero-order valence-corrected chi connectivity index (χ0v) is 7.81. The Balaban J connectivity index is 2.26. The van der Waals surface area contributed by atoms with Gasteiger partial charge in [-0.2, -0.15) is 5.26 Å². The van der Waals surface area contributed by atoms with Gasteiger partial charge in [-0.05, 0) is 6.07 Å². The first-order valence-corrected chi connectivity index (χ1v) is 4.58. The highest BCUT2D eigenvalue weighted by molar-refractivity contribution is 5.57. The fourth-order valence-corrected chi connectivity index (χ4v) is 1.54. The fraction of sp³-hybridized carbons (Fsp3) is 0.400. The van der Waals surface area contributed by atoms with Gasteiger partial charge in [-0.25, -0.2) is 0 Å². The molecule has 0 radical (unpaired) electrons. The Bertz CT molecular complexity index is 353. The molecule has 72 valence electrons. The number of rotatable bonds is 1. The standard InChI is InChI=1S/C10H11N3O/c11-7-9-1-2-12-8-10(9)13-3-5-14-6-4-13/h1-2,8H,3-6H2. The molecule has 0 spiro atoms. The van der Waals surface area contributed by atoms with E-state index >= 15 is 0 Å². The van der Waals surface area contributed by atoms with E-state index in [1.807, 2.05) is 0 Å². The summed E-state index contributed by atoms with van der Waals surface area (Å²) in [5.41, 5.74) is 1.60. The van der Waals surface area contributed by atoms with Crippen LogP contribution in [0.15, 0.2) is 18.5 Å². The Kier molecular flexibility index (Phi) is 2.61. The fourth-order valence-electron chi connectivity index (χ4n) is 1.54. The molecule has 0 unspecified atom stereocenters. The molecule has 2 heterocycles. The molecule has 0 saturated carbocycles. The number of nitrogens with zero attached hydrogens (tertiary/aromatic N) is 3. The second-order valence-electron chi connectivity index (χ2n) is 3.10. The summed E-state index contributed by atoms with van der Waals surface area (Å²) < 4.78 is 5.25. The van der Waals surface area contributed by atoms with Crippen molar-refractivity contribution >= 4 is 5.69 Å². The average molecular weight is 189 g/mol. The van der Waals surface area contributed by atoms with E-state index in [4.69, 9.17) is 10.00 Å². The molecule has 1 aromatic heterocycles. The van der Waals surface area contributed by atoms with Crippen LogP contribution in [0.3, 0.4) is 0 Å². The van der Waals surface area contributed by atoms with Crippen LogP contribution in [0.25, 0.3) is 0 Å². The van der Waals surface area contributed by atoms with Crippen LogP contribution in [0.1, 0.15) is 5.56 Å². The average Bonchev–Trinajstić information content (AvgIpc) is 2.30. The van der Waals surface area contributed by atoms with E-state index in [1.54, 1.807) is 18.5 Å². The highest BCUT2D eigenvalue weighted by atomic mass is 16.5. The topological polar surface area (TPSA) is 49.2 Å². The highest BCUT2D eigenvalue weighted by Gasteiger charge is 2.14. The third-order valence-electron chi connectivity index (χ3n) is 2.27. The van der Waals surface area contributed by atoms with E-state index in [0.29, 0.717) is 5.56 Å². The van der Waals surface area contributed by atoms with Crippen LogP contribution in [0.4, 0.5) is 5.69 Å². The minimum Gasteiger partial charge on any atom is -0.378 e. The molecule has 0 bridgehead atoms. The zero-order valence-electron chi connectivity index (χ0n) is 7.81. The van der Waals surface area contributed by atoms with Gasteiger partial charge in [0.25, 0.3) is 0 Å². The molecule has 14 heavy (non-hydrogen) atoms. The highest BCUT2D eigenvalue weighted by Crippen LogP contribution is 2.18. The summed E-state index contributed by atoms with van der Waals surface area (Å²) in [6.45, 7) is 3.11. The van der Waals surface area contributed by atoms with E-state index in [1.165, 1.54) is 0 Å². The lowest BCUT2D eigenvalue weighted by molar-refractivity contribution is 0.122. The molecule has 1 saturated heterocycles. The summed E-state index contributed by atoms with van der Waals surface area (Å²) in [5, 5.41) is 8.91. The Labute approximate surface area is 82.7 Å². The van der Waals surface area contributed by atoms with Crippen LogP contribution in [0.2, 0.25) is 0 Å². The number of nitriles is 1. The summed E-state index contributed by atoms with van der Waals surface area (Å²) in [6, 6.07) is 3.91. The van der Waals surface area contributed by atoms with Crippen LogP contribution < -0.4 is 4.90 Å². The third kappa shape index (κ3) is 1.68. The number of anilines is 1. The summed E-state index contributed by atoms with van der Waals surface area (Å²) in [7, 11) is 0. The SMILES string of the molecule is N#Cc1ccncc1N1CCOCC1. The number of pyridine rings is 1. The molecule has 1 fully saturated rings. The second-order valence-corrected chi connectivity index (χ2v) is 3.10. The summed E-state index contributed by atoms with van der Waals surface area (Å²) in [6.07, 6.45) is 3.38. The third-order valence-corrected chi connectivity index (χ3v) is 2.27. The van der Waals surface area contributed by atoms with Gasteiger partial charge in [-0.15, -0.1) is 0 Å². The van der Waals surface area contributed by atoms with Gasteiger partial charge in [0.1, 0.15) is 6.07 Å². The van der Waals surface area contributed by atoms with Crippen molar-refractivity contribution in [2.45, 2.75) is 0 Å². The normalized spacial score (nSPS) is 16.4. The van der Waals surface area contributed by atoms with Crippen molar-refractivity contribution in [2.75, 3.05) is 31.2 Å². The molecule has 1 aliphatic heterocycles. The molecule has 2 rings (SSSR count). The van der Waals surface area contributed by atoms with E-state index < -0.39 is 0 Å². The maximum atomic E-state index is 8.91. The van der Waals surface area contributed by atoms with Crippen molar-refractivity contribution in [3.05, 3.63) is 24.0 Å². The lowest BCUT2D eigenvalue weighted by atomic mass is 10.2. The molecule has 0 amide bonds. The Morgan fingerprint density at radius 3 is 2.93 bits per heavy atom. The van der Waals surface area contributed by atoms with Crippen LogP contribution >= 0.6 is 0 Å². The van der Waals surface area contributed by atoms with E-state index in [-0.39, 0.29) is 0 Å². The van der Waals surface area contributed by atoms with Gasteiger partial charge in [-0.1, -0.05) is 0 Å². The van der Waals surface area contributed by atoms with Gasteiger partial charge < -0.3 is 9.64 Å². The maximum absolute atomic E-state index is 8.91. The van der Waals surface area contributed by atoms with Crippen LogP contribution in [-0.2, 0) is 4.74 Å². The van der Waals surface area contributed by atoms with Gasteiger partial charge in [0, 0.05) is 19.3 Å². The number of hydrogen-bond acceptors (Lipinski definition) is 4. The van der Waals surface area contributed by atoms with Gasteiger partial charge >= 0.3 is 0 Å². The van der Waals surface area contributed by atoms with Crippen molar-refractivity contribution in [2.24, 2.45) is 0 Å². The van der Waals surface area contributed by atoms with Crippen LogP contribution in [0.5, 0.6) is 0 Å². The van der Waals surface area contributed by atoms with Gasteiger partial charge in [0.2, 0.25) is 0 Å². The number of aromatic nitrogens is 1. The number of morpholine rings is 1. The molecule has 0 atom stereocenters. The van der Waals surface area contributed by atoms with E-state index in [0.717, 1.165) is 32.0 Å². The molecule has 4 heteroatoms. The quantitative estimate of drug-likeness (QED) is 0.655. The molecule has 0 N–H and O–H groups in total. The van der Waals surface area contributed by atoms with E-state index in [9.17, 15) is 0 Å². The lowest BCUT2D eigenvalue weighted by Gasteiger charge is -2.28. The van der Waals surface area contributed by atoms with Crippen molar-refractivity contribution < 1.29 is 4.74 Å². The Morgan fingerprint density at radius 2 is 2.21 bits per heavy atom. The largest absolute Gasteiger partial charge is 0.378 e. The summed E-state index contributed by atoms with van der Waals surface area (Å²) in [5.74, 6) is 0. The Hall–Kier alpha value is -1.60. The van der Waals surface area contributed by atoms with Gasteiger partial charge in [-0.3, -0.25) is 4.98 Å². The first-order valence-electron chi connectivity index (χ1n) is 4.58. The van der Waals surface area contributed by atoms with Crippen molar-refractivity contribution in [1.29, 1.82) is 5.26 Å². The zero-order chi connectivity index (χ0) is 9.80. The van der Waals surface area contributed by atoms with Crippen molar-refractivity contribution in [3.8, 4) is 6.07 Å². The molecule has 0 aromatic carbocycles. The van der Waals surface area contributed by atoms with Crippen LogP contribution in [-0.4, -0.2) is 31.3 Å². The minimum atomic E-state index is 0.682. The Morgan fingerprint density at radius 1 is 1.43 bits per heavy atom. The summed E-state index contributed by atoms with van der Waals surface area (Å²) >= 11 is 0. The van der Waals surface area contributed by atoms with E-state index in [2.05, 4.69) is 16.0 Å². The van der Waals surface area contributed by atoms with Gasteiger partial charge in [0.15, 0.2) is 0 Å². The molecule has 1 aromatic rings. The lowest BCUT2D eigenvalue weighted by Crippen LogP contribution is -2.36. The number of ether oxygens (including phenoxy) is 1. The second kappa shape index (κ2) is 4.07. The number of hydrogen-bond donors (Lipinski definition) is 0. The monoisotopic (exact) mass is 189 g/mol. The molecule has 4 nitrogen and oxygen atoms in total. The maximum Gasteiger partial charge on any atom is 0.101 e. The summed E-state index contributed by atoms with van der Waals surface area (Å²) in [4.78, 5) is 6.17. The van der Waals surface area contributed by atoms with Gasteiger partial charge in [0.05, 0.1) is 30.7 Å². The molecule has 0 aliphatic carbocycles. The first-order chi connectivity index (χ1) is 6.92. The van der Waals surface area contributed by atoms with Crippen molar-refractivity contribution in [1.82, 2.24) is 4.98 Å².